The molecule has 0 aliphatic carbocycles. The highest BCUT2D eigenvalue weighted by molar-refractivity contribution is 5.81. The number of hydrogen-bond acceptors (Lipinski definition) is 2. The second-order valence-corrected chi connectivity index (χ2v) is 4.64. The number of benzene rings is 2. The third kappa shape index (κ3) is 2.56. The molecule has 0 radical (unpaired) electrons. The summed E-state index contributed by atoms with van der Waals surface area (Å²) in [5.41, 5.74) is 1.12. The van der Waals surface area contributed by atoms with Gasteiger partial charge in [0.2, 0.25) is 0 Å². The molecule has 3 rings (SSSR count). The van der Waals surface area contributed by atoms with Gasteiger partial charge in [-0.25, -0.2) is 4.98 Å². The molecule has 0 fully saturated rings. The Morgan fingerprint density at radius 1 is 1.00 bits per heavy atom. The van der Waals surface area contributed by atoms with Crippen LogP contribution in [0, 0.1) is 0 Å². The van der Waals surface area contributed by atoms with E-state index in [4.69, 9.17) is 0 Å². The van der Waals surface area contributed by atoms with Gasteiger partial charge in [0.25, 0.3) is 0 Å². The fourth-order valence-corrected chi connectivity index (χ4v) is 2.28. The summed E-state index contributed by atoms with van der Waals surface area (Å²) in [5, 5.41) is 9.88. The Morgan fingerprint density at radius 3 is 2.38 bits per heavy atom. The Bertz CT molecular complexity index is 793. The quantitative estimate of drug-likeness (QED) is 0.776. The minimum absolute atomic E-state index is 0.101. The molecule has 0 saturated carbocycles. The van der Waals surface area contributed by atoms with E-state index in [1.807, 2.05) is 0 Å². The van der Waals surface area contributed by atoms with Gasteiger partial charge in [0.15, 0.2) is 0 Å². The van der Waals surface area contributed by atoms with Crippen LogP contribution in [0.1, 0.15) is 0 Å². The zero-order chi connectivity index (χ0) is 15.0. The first-order valence-corrected chi connectivity index (χ1v) is 6.26. The SMILES string of the molecule is Oc1ccccc1-c1nc2ccccc2n1CC(F)(F)F. The second kappa shape index (κ2) is 4.80. The van der Waals surface area contributed by atoms with Crippen molar-refractivity contribution in [2.24, 2.45) is 0 Å². The molecule has 0 saturated heterocycles. The summed E-state index contributed by atoms with van der Waals surface area (Å²) < 4.78 is 39.6. The van der Waals surface area contributed by atoms with Crippen LogP contribution in [0.5, 0.6) is 5.75 Å². The van der Waals surface area contributed by atoms with E-state index in [0.717, 1.165) is 4.57 Å². The maximum atomic E-state index is 12.8. The summed E-state index contributed by atoms with van der Waals surface area (Å²) in [6.45, 7) is -1.16. The molecule has 1 heterocycles. The highest BCUT2D eigenvalue weighted by Crippen LogP contribution is 2.33. The predicted octanol–water partition coefficient (Wildman–Crippen LogP) is 3.97. The number of rotatable bonds is 2. The Labute approximate surface area is 118 Å². The zero-order valence-corrected chi connectivity index (χ0v) is 10.8. The molecule has 0 amide bonds. The molecular formula is C15H11F3N2O. The monoisotopic (exact) mass is 292 g/mol. The molecular weight excluding hydrogens is 281 g/mol. The Hall–Kier alpha value is -2.50. The van der Waals surface area contributed by atoms with Crippen LogP contribution in [-0.2, 0) is 6.54 Å². The Morgan fingerprint density at radius 2 is 1.67 bits per heavy atom. The summed E-state index contributed by atoms with van der Waals surface area (Å²) in [7, 11) is 0. The molecule has 0 aliphatic rings. The standard InChI is InChI=1S/C15H11F3N2O/c16-15(17,18)9-20-12-7-3-2-6-11(12)19-14(20)10-5-1-4-8-13(10)21/h1-8,21H,9H2. The van der Waals surface area contributed by atoms with Crippen molar-refractivity contribution in [2.45, 2.75) is 12.7 Å². The predicted molar refractivity (Wildman–Crippen MR) is 72.9 cm³/mol. The van der Waals surface area contributed by atoms with Crippen molar-refractivity contribution in [3.8, 4) is 17.1 Å². The normalized spacial score (nSPS) is 12.0. The maximum Gasteiger partial charge on any atom is 0.406 e. The highest BCUT2D eigenvalue weighted by Gasteiger charge is 2.30. The largest absolute Gasteiger partial charge is 0.507 e. The van der Waals surface area contributed by atoms with E-state index in [0.29, 0.717) is 11.0 Å². The fourth-order valence-electron chi connectivity index (χ4n) is 2.28. The van der Waals surface area contributed by atoms with E-state index in [1.165, 1.54) is 6.07 Å². The van der Waals surface area contributed by atoms with Gasteiger partial charge in [-0.05, 0) is 24.3 Å². The van der Waals surface area contributed by atoms with Crippen LogP contribution in [-0.4, -0.2) is 20.8 Å². The summed E-state index contributed by atoms with van der Waals surface area (Å²) >= 11 is 0. The number of hydrogen-bond donors (Lipinski definition) is 1. The van der Waals surface area contributed by atoms with Gasteiger partial charge in [0, 0.05) is 0 Å². The Kier molecular flexibility index (Phi) is 3.08. The molecule has 3 nitrogen and oxygen atoms in total. The molecule has 0 spiro atoms. The summed E-state index contributed by atoms with van der Waals surface area (Å²) in [4.78, 5) is 4.23. The van der Waals surface area contributed by atoms with Crippen molar-refractivity contribution in [2.75, 3.05) is 0 Å². The number of phenolic OH excluding ortho intramolecular Hbond substituents is 1. The molecule has 1 aromatic heterocycles. The van der Waals surface area contributed by atoms with Crippen molar-refractivity contribution >= 4 is 11.0 Å². The van der Waals surface area contributed by atoms with Gasteiger partial charge in [-0.2, -0.15) is 13.2 Å². The van der Waals surface area contributed by atoms with Crippen LogP contribution < -0.4 is 0 Å². The lowest BCUT2D eigenvalue weighted by atomic mass is 10.2. The zero-order valence-electron chi connectivity index (χ0n) is 10.8. The first-order valence-electron chi connectivity index (χ1n) is 6.26. The molecule has 2 aromatic carbocycles. The van der Waals surface area contributed by atoms with Crippen LogP contribution in [0.3, 0.4) is 0 Å². The van der Waals surface area contributed by atoms with Gasteiger partial charge < -0.3 is 9.67 Å². The van der Waals surface area contributed by atoms with E-state index in [-0.39, 0.29) is 17.1 Å². The molecule has 3 aromatic rings. The van der Waals surface area contributed by atoms with Crippen LogP contribution in [0.15, 0.2) is 48.5 Å². The van der Waals surface area contributed by atoms with E-state index >= 15 is 0 Å². The number of para-hydroxylation sites is 3. The van der Waals surface area contributed by atoms with Crippen molar-refractivity contribution in [3.05, 3.63) is 48.5 Å². The van der Waals surface area contributed by atoms with Crippen LogP contribution in [0.2, 0.25) is 0 Å². The first-order chi connectivity index (χ1) is 9.96. The van der Waals surface area contributed by atoms with Crippen LogP contribution in [0.25, 0.3) is 22.4 Å². The van der Waals surface area contributed by atoms with Crippen molar-refractivity contribution in [3.63, 3.8) is 0 Å². The third-order valence-corrected chi connectivity index (χ3v) is 3.14. The molecule has 108 valence electrons. The molecule has 0 unspecified atom stereocenters. The Balaban J connectivity index is 2.27. The number of fused-ring (bicyclic) bond motifs is 1. The molecule has 0 aliphatic heterocycles. The second-order valence-electron chi connectivity index (χ2n) is 4.64. The molecule has 0 atom stereocenters. The molecule has 1 N–H and O–H groups in total. The molecule has 0 bridgehead atoms. The summed E-state index contributed by atoms with van der Waals surface area (Å²) in [6, 6.07) is 12.8. The van der Waals surface area contributed by atoms with Gasteiger partial charge in [-0.1, -0.05) is 24.3 Å². The average molecular weight is 292 g/mol. The third-order valence-electron chi connectivity index (χ3n) is 3.14. The first kappa shape index (κ1) is 13.5. The lowest BCUT2D eigenvalue weighted by Gasteiger charge is -2.12. The number of imidazole rings is 1. The van der Waals surface area contributed by atoms with E-state index in [9.17, 15) is 18.3 Å². The van der Waals surface area contributed by atoms with Gasteiger partial charge in [0.05, 0.1) is 16.6 Å². The summed E-state index contributed by atoms with van der Waals surface area (Å²) in [6.07, 6.45) is -4.37. The smallest absolute Gasteiger partial charge is 0.406 e. The van der Waals surface area contributed by atoms with Gasteiger partial charge in [0.1, 0.15) is 18.1 Å². The number of alkyl halides is 3. The molecule has 21 heavy (non-hydrogen) atoms. The topological polar surface area (TPSA) is 38.1 Å². The lowest BCUT2D eigenvalue weighted by Crippen LogP contribution is -2.18. The van der Waals surface area contributed by atoms with Gasteiger partial charge >= 0.3 is 6.18 Å². The van der Waals surface area contributed by atoms with Crippen molar-refractivity contribution in [1.82, 2.24) is 9.55 Å². The van der Waals surface area contributed by atoms with Gasteiger partial charge in [-0.15, -0.1) is 0 Å². The minimum atomic E-state index is -4.37. The van der Waals surface area contributed by atoms with E-state index < -0.39 is 12.7 Å². The number of halogens is 3. The van der Waals surface area contributed by atoms with Crippen molar-refractivity contribution < 1.29 is 18.3 Å². The van der Waals surface area contributed by atoms with Crippen molar-refractivity contribution in [1.29, 1.82) is 0 Å². The van der Waals surface area contributed by atoms with Crippen LogP contribution in [0.4, 0.5) is 13.2 Å². The average Bonchev–Trinajstić information content (AvgIpc) is 2.76. The number of nitrogens with zero attached hydrogens (tertiary/aromatic N) is 2. The van der Waals surface area contributed by atoms with Gasteiger partial charge in [-0.3, -0.25) is 0 Å². The minimum Gasteiger partial charge on any atom is -0.507 e. The van der Waals surface area contributed by atoms with E-state index in [2.05, 4.69) is 4.98 Å². The number of phenols is 1. The number of aromatic hydroxyl groups is 1. The van der Waals surface area contributed by atoms with E-state index in [1.54, 1.807) is 42.5 Å². The van der Waals surface area contributed by atoms with Crippen LogP contribution >= 0.6 is 0 Å². The summed E-state index contributed by atoms with van der Waals surface area (Å²) in [5.74, 6) is 0.00264. The maximum absolute atomic E-state index is 12.8. The molecule has 6 heteroatoms. The fraction of sp³-hybridized carbons (Fsp3) is 0.133. The highest BCUT2D eigenvalue weighted by atomic mass is 19.4. The lowest BCUT2D eigenvalue weighted by molar-refractivity contribution is -0.139. The number of aromatic nitrogens is 2.